The first kappa shape index (κ1) is 24.2. The number of thioether (sulfide) groups is 1. The van der Waals surface area contributed by atoms with Crippen molar-refractivity contribution in [2.24, 2.45) is 10.6 Å². The molecule has 0 aliphatic carbocycles. The number of hydrogen-bond acceptors (Lipinski definition) is 10. The van der Waals surface area contributed by atoms with Crippen LogP contribution in [0.1, 0.15) is 5.69 Å². The summed E-state index contributed by atoms with van der Waals surface area (Å²) < 4.78 is 5.05. The standard InChI is InChI=1S/C17H20ClN5O7S2/c1-29-6-17(15(27)28)5-23-13(26)11(14(23)32-7-17)21-12(25)10(22-30-2)8-4-31-16(19-8)20-9(24)3-18/h4,11,14H,3,5-7H2,1-2H3,(H,21,25)(H,27,28)(H,19,20,24)/t11?,14-,17?/m1/s1. The predicted octanol–water partition coefficient (Wildman–Crippen LogP) is -0.212. The normalized spacial score (nSPS) is 24.9. The quantitative estimate of drug-likeness (QED) is 0.178. The van der Waals surface area contributed by atoms with Crippen LogP contribution in [0.5, 0.6) is 0 Å². The van der Waals surface area contributed by atoms with Gasteiger partial charge in [0.1, 0.15) is 35.5 Å². The largest absolute Gasteiger partial charge is 0.481 e. The van der Waals surface area contributed by atoms with E-state index >= 15 is 0 Å². The lowest BCUT2D eigenvalue weighted by Crippen LogP contribution is -2.74. The Hall–Kier alpha value is -2.42. The number of thiazole rings is 1. The zero-order chi connectivity index (χ0) is 23.5. The van der Waals surface area contributed by atoms with Gasteiger partial charge in [0, 0.05) is 24.8 Å². The van der Waals surface area contributed by atoms with Crippen LogP contribution in [0.4, 0.5) is 5.13 Å². The van der Waals surface area contributed by atoms with Crippen molar-refractivity contribution in [3.05, 3.63) is 11.1 Å². The second kappa shape index (κ2) is 10.0. The molecule has 3 rings (SSSR count). The zero-order valence-electron chi connectivity index (χ0n) is 17.0. The van der Waals surface area contributed by atoms with E-state index in [4.69, 9.17) is 21.2 Å². The number of ether oxygens (including phenoxy) is 1. The van der Waals surface area contributed by atoms with Crippen LogP contribution in [0.2, 0.25) is 0 Å². The molecule has 0 radical (unpaired) electrons. The molecule has 2 aliphatic heterocycles. The van der Waals surface area contributed by atoms with Gasteiger partial charge in [0.2, 0.25) is 11.8 Å². The zero-order valence-corrected chi connectivity index (χ0v) is 19.4. The van der Waals surface area contributed by atoms with Crippen LogP contribution >= 0.6 is 34.7 Å². The molecule has 0 aromatic carbocycles. The summed E-state index contributed by atoms with van der Waals surface area (Å²) in [5.74, 6) is -2.61. The lowest BCUT2D eigenvalue weighted by molar-refractivity contribution is -0.161. The van der Waals surface area contributed by atoms with Crippen LogP contribution in [-0.2, 0) is 28.8 Å². The van der Waals surface area contributed by atoms with Crippen molar-refractivity contribution in [3.8, 4) is 0 Å². The number of rotatable bonds is 9. The van der Waals surface area contributed by atoms with Gasteiger partial charge >= 0.3 is 5.97 Å². The number of anilines is 1. The second-order valence-corrected chi connectivity index (χ2v) is 9.21. The maximum absolute atomic E-state index is 12.8. The number of β-lactam (4-membered cyclic amide) rings is 1. The number of nitrogens with zero attached hydrogens (tertiary/aromatic N) is 3. The van der Waals surface area contributed by atoms with E-state index in [9.17, 15) is 24.3 Å². The molecule has 3 amide bonds. The van der Waals surface area contributed by atoms with Gasteiger partial charge in [-0.25, -0.2) is 4.98 Å². The van der Waals surface area contributed by atoms with Gasteiger partial charge < -0.3 is 30.2 Å². The number of oxime groups is 1. The molecule has 3 N–H and O–H groups in total. The number of methoxy groups -OCH3 is 1. The number of carboxylic acid groups (broad SMARTS) is 1. The Bertz CT molecular complexity index is 957. The van der Waals surface area contributed by atoms with Gasteiger partial charge in [0.05, 0.1) is 6.61 Å². The number of nitrogens with one attached hydrogen (secondary N) is 2. The Morgan fingerprint density at radius 1 is 1.44 bits per heavy atom. The Labute approximate surface area is 195 Å². The molecule has 3 atom stereocenters. The first-order chi connectivity index (χ1) is 15.3. The van der Waals surface area contributed by atoms with Gasteiger partial charge in [0.15, 0.2) is 10.8 Å². The third kappa shape index (κ3) is 4.67. The monoisotopic (exact) mass is 505 g/mol. The van der Waals surface area contributed by atoms with Crippen LogP contribution in [0.3, 0.4) is 0 Å². The summed E-state index contributed by atoms with van der Waals surface area (Å²) in [6.45, 7) is -0.0340. The summed E-state index contributed by atoms with van der Waals surface area (Å²) in [5, 5.41) is 19.7. The maximum Gasteiger partial charge on any atom is 0.314 e. The Balaban J connectivity index is 1.69. The van der Waals surface area contributed by atoms with Crippen molar-refractivity contribution in [2.45, 2.75) is 11.4 Å². The summed E-state index contributed by atoms with van der Waals surface area (Å²) in [7, 11) is 2.66. The molecular weight excluding hydrogens is 486 g/mol. The van der Waals surface area contributed by atoms with E-state index in [1.165, 1.54) is 36.3 Å². The van der Waals surface area contributed by atoms with E-state index in [0.29, 0.717) is 0 Å². The molecule has 2 saturated heterocycles. The van der Waals surface area contributed by atoms with Gasteiger partial charge in [-0.1, -0.05) is 5.16 Å². The van der Waals surface area contributed by atoms with Gasteiger partial charge in [-0.2, -0.15) is 0 Å². The van der Waals surface area contributed by atoms with Gasteiger partial charge in [-0.15, -0.1) is 34.7 Å². The number of carboxylic acids is 1. The number of carbonyl (C=O) groups excluding carboxylic acids is 3. The van der Waals surface area contributed by atoms with Crippen LogP contribution in [-0.4, -0.2) is 94.8 Å². The number of amides is 3. The van der Waals surface area contributed by atoms with Gasteiger partial charge in [-0.05, 0) is 0 Å². The van der Waals surface area contributed by atoms with Gasteiger partial charge in [-0.3, -0.25) is 19.2 Å². The molecule has 12 nitrogen and oxygen atoms in total. The highest BCUT2D eigenvalue weighted by atomic mass is 35.5. The van der Waals surface area contributed by atoms with Crippen molar-refractivity contribution in [3.63, 3.8) is 0 Å². The highest BCUT2D eigenvalue weighted by Crippen LogP contribution is 2.42. The predicted molar refractivity (Wildman–Crippen MR) is 117 cm³/mol. The Morgan fingerprint density at radius 2 is 2.19 bits per heavy atom. The van der Waals surface area contributed by atoms with E-state index in [-0.39, 0.29) is 41.3 Å². The molecule has 2 unspecified atom stereocenters. The van der Waals surface area contributed by atoms with E-state index in [0.717, 1.165) is 11.3 Å². The average Bonchev–Trinajstić information content (AvgIpc) is 3.23. The van der Waals surface area contributed by atoms with Gasteiger partial charge in [0.25, 0.3) is 5.91 Å². The van der Waals surface area contributed by atoms with Crippen LogP contribution in [0, 0.1) is 5.41 Å². The fraction of sp³-hybridized carbons (Fsp3) is 0.529. The van der Waals surface area contributed by atoms with Crippen molar-refractivity contribution >= 4 is 69.2 Å². The third-order valence-electron chi connectivity index (χ3n) is 4.82. The SMILES string of the molecule is COCC1(C(=O)O)CS[C@@H]2C(NC(=O)C(=NOC)c3csc(NC(=O)CCl)n3)C(=O)N2C1. The Morgan fingerprint density at radius 3 is 2.81 bits per heavy atom. The number of carbonyl (C=O) groups is 4. The number of fused-ring (bicyclic) bond motifs is 1. The van der Waals surface area contributed by atoms with E-state index in [1.54, 1.807) is 0 Å². The fourth-order valence-corrected chi connectivity index (χ4v) is 5.58. The molecule has 174 valence electrons. The molecule has 1 aromatic heterocycles. The van der Waals surface area contributed by atoms with Crippen molar-refractivity contribution in [2.75, 3.05) is 44.3 Å². The summed E-state index contributed by atoms with van der Waals surface area (Å²) in [6.07, 6.45) is 0. The molecule has 2 aliphatic rings. The first-order valence-corrected chi connectivity index (χ1v) is 11.6. The molecule has 1 aromatic rings. The summed E-state index contributed by atoms with van der Waals surface area (Å²) in [5.41, 5.74) is -1.24. The Kier molecular flexibility index (Phi) is 7.59. The molecule has 3 heterocycles. The highest BCUT2D eigenvalue weighted by molar-refractivity contribution is 8.00. The lowest BCUT2D eigenvalue weighted by Gasteiger charge is -2.53. The minimum absolute atomic E-state index is 0.00617. The fourth-order valence-electron chi connectivity index (χ4n) is 3.28. The number of alkyl halides is 1. The third-order valence-corrected chi connectivity index (χ3v) is 7.41. The summed E-state index contributed by atoms with van der Waals surface area (Å²) >= 11 is 7.78. The maximum atomic E-state index is 12.8. The van der Waals surface area contributed by atoms with Crippen molar-refractivity contribution < 1.29 is 33.9 Å². The van der Waals surface area contributed by atoms with Crippen LogP contribution < -0.4 is 10.6 Å². The highest BCUT2D eigenvalue weighted by Gasteiger charge is 2.57. The topological polar surface area (TPSA) is 160 Å². The molecule has 0 saturated carbocycles. The first-order valence-electron chi connectivity index (χ1n) is 9.14. The smallest absolute Gasteiger partial charge is 0.314 e. The summed E-state index contributed by atoms with van der Waals surface area (Å²) in [4.78, 5) is 58.9. The summed E-state index contributed by atoms with van der Waals surface area (Å²) in [6, 6.07) is -0.849. The molecule has 0 bridgehead atoms. The molecule has 2 fully saturated rings. The van der Waals surface area contributed by atoms with Crippen LogP contribution in [0.25, 0.3) is 0 Å². The molecule has 32 heavy (non-hydrogen) atoms. The number of halogens is 1. The van der Waals surface area contributed by atoms with Crippen molar-refractivity contribution in [1.82, 2.24) is 15.2 Å². The molecule has 15 heteroatoms. The lowest BCUT2D eigenvalue weighted by atomic mass is 9.88. The molecular formula is C17H20ClN5O7S2. The van der Waals surface area contributed by atoms with Crippen LogP contribution in [0.15, 0.2) is 10.5 Å². The number of hydrogen-bond donors (Lipinski definition) is 3. The van der Waals surface area contributed by atoms with E-state index in [1.807, 2.05) is 0 Å². The molecule has 0 spiro atoms. The van der Waals surface area contributed by atoms with E-state index < -0.39 is 40.5 Å². The number of aromatic nitrogens is 1. The number of aliphatic carboxylic acids is 1. The second-order valence-electron chi connectivity index (χ2n) is 6.98. The minimum Gasteiger partial charge on any atom is -0.481 e. The average molecular weight is 506 g/mol. The van der Waals surface area contributed by atoms with E-state index in [2.05, 4.69) is 20.8 Å². The van der Waals surface area contributed by atoms with Crippen molar-refractivity contribution in [1.29, 1.82) is 0 Å². The minimum atomic E-state index is -1.20.